The summed E-state index contributed by atoms with van der Waals surface area (Å²) in [5.41, 5.74) is 0.242. The number of benzene rings is 1. The monoisotopic (exact) mass is 352 g/mol. The SMILES string of the molecule is CCNC(=NCc1cc(F)ccc1F)NCC1CN2CCCC2CO1. The average Bonchev–Trinajstić information content (AvgIpc) is 3.07. The highest BCUT2D eigenvalue weighted by Crippen LogP contribution is 2.22. The van der Waals surface area contributed by atoms with Gasteiger partial charge in [-0.3, -0.25) is 4.90 Å². The van der Waals surface area contributed by atoms with Crippen molar-refractivity contribution in [3.8, 4) is 0 Å². The molecule has 0 aliphatic carbocycles. The second-order valence-corrected chi connectivity index (χ2v) is 6.56. The molecule has 2 unspecified atom stereocenters. The number of guanidine groups is 1. The van der Waals surface area contributed by atoms with Crippen molar-refractivity contribution in [2.24, 2.45) is 4.99 Å². The molecule has 7 heteroatoms. The number of aliphatic imine (C=N–C) groups is 1. The van der Waals surface area contributed by atoms with E-state index in [1.165, 1.54) is 18.9 Å². The molecule has 1 aromatic carbocycles. The van der Waals surface area contributed by atoms with E-state index in [0.717, 1.165) is 31.8 Å². The van der Waals surface area contributed by atoms with Crippen molar-refractivity contribution in [2.75, 3.05) is 32.8 Å². The molecule has 2 saturated heterocycles. The minimum Gasteiger partial charge on any atom is -0.373 e. The summed E-state index contributed by atoms with van der Waals surface area (Å²) in [6, 6.07) is 4.00. The summed E-state index contributed by atoms with van der Waals surface area (Å²) < 4.78 is 32.9. The molecule has 0 saturated carbocycles. The van der Waals surface area contributed by atoms with E-state index in [2.05, 4.69) is 20.5 Å². The van der Waals surface area contributed by atoms with Gasteiger partial charge < -0.3 is 15.4 Å². The van der Waals surface area contributed by atoms with Gasteiger partial charge in [0.25, 0.3) is 0 Å². The Balaban J connectivity index is 1.54. The Morgan fingerprint density at radius 1 is 1.36 bits per heavy atom. The van der Waals surface area contributed by atoms with Gasteiger partial charge >= 0.3 is 0 Å². The molecule has 25 heavy (non-hydrogen) atoms. The molecule has 3 rings (SSSR count). The quantitative estimate of drug-likeness (QED) is 0.628. The normalized spacial score (nSPS) is 24.2. The largest absolute Gasteiger partial charge is 0.373 e. The second-order valence-electron chi connectivity index (χ2n) is 6.56. The average molecular weight is 352 g/mol. The molecule has 2 N–H and O–H groups in total. The zero-order chi connectivity index (χ0) is 17.6. The molecular formula is C18H26F2N4O. The molecule has 0 spiro atoms. The zero-order valence-electron chi connectivity index (χ0n) is 14.6. The fraction of sp³-hybridized carbons (Fsp3) is 0.611. The van der Waals surface area contributed by atoms with Crippen LogP contribution in [-0.2, 0) is 11.3 Å². The molecule has 2 aliphatic heterocycles. The van der Waals surface area contributed by atoms with Gasteiger partial charge in [0, 0.05) is 31.2 Å². The van der Waals surface area contributed by atoms with Crippen LogP contribution in [0.3, 0.4) is 0 Å². The first kappa shape index (κ1) is 18.1. The van der Waals surface area contributed by atoms with Gasteiger partial charge in [-0.15, -0.1) is 0 Å². The summed E-state index contributed by atoms with van der Waals surface area (Å²) in [5.74, 6) is -0.324. The fourth-order valence-corrected chi connectivity index (χ4v) is 3.39. The van der Waals surface area contributed by atoms with Crippen LogP contribution in [0.2, 0.25) is 0 Å². The van der Waals surface area contributed by atoms with E-state index in [9.17, 15) is 8.78 Å². The number of nitrogens with one attached hydrogen (secondary N) is 2. The summed E-state index contributed by atoms with van der Waals surface area (Å²) in [4.78, 5) is 6.84. The number of hydrogen-bond donors (Lipinski definition) is 2. The van der Waals surface area contributed by atoms with E-state index in [4.69, 9.17) is 4.74 Å². The lowest BCUT2D eigenvalue weighted by molar-refractivity contribution is -0.0453. The summed E-state index contributed by atoms with van der Waals surface area (Å²) >= 11 is 0. The molecule has 2 atom stereocenters. The third-order valence-electron chi connectivity index (χ3n) is 4.72. The zero-order valence-corrected chi connectivity index (χ0v) is 14.6. The van der Waals surface area contributed by atoms with Gasteiger partial charge in [-0.25, -0.2) is 13.8 Å². The van der Waals surface area contributed by atoms with Crippen molar-refractivity contribution in [3.63, 3.8) is 0 Å². The molecule has 0 aromatic heterocycles. The summed E-state index contributed by atoms with van der Waals surface area (Å²) in [6.45, 7) is 6.24. The molecule has 138 valence electrons. The van der Waals surface area contributed by atoms with Crippen LogP contribution in [0.1, 0.15) is 25.3 Å². The molecule has 2 fully saturated rings. The Hall–Kier alpha value is -1.73. The lowest BCUT2D eigenvalue weighted by atomic mass is 10.2. The van der Waals surface area contributed by atoms with Crippen molar-refractivity contribution in [1.29, 1.82) is 0 Å². The molecule has 5 nitrogen and oxygen atoms in total. The van der Waals surface area contributed by atoms with Crippen LogP contribution in [0.5, 0.6) is 0 Å². The number of morpholine rings is 1. The maximum absolute atomic E-state index is 13.7. The highest BCUT2D eigenvalue weighted by atomic mass is 19.1. The predicted octanol–water partition coefficient (Wildman–Crippen LogP) is 1.88. The maximum Gasteiger partial charge on any atom is 0.191 e. The summed E-state index contributed by atoms with van der Waals surface area (Å²) in [6.07, 6.45) is 2.59. The van der Waals surface area contributed by atoms with Crippen molar-refractivity contribution >= 4 is 5.96 Å². The first-order chi connectivity index (χ1) is 12.2. The van der Waals surface area contributed by atoms with Crippen molar-refractivity contribution in [2.45, 2.75) is 38.5 Å². The van der Waals surface area contributed by atoms with Crippen LogP contribution < -0.4 is 10.6 Å². The Morgan fingerprint density at radius 2 is 2.24 bits per heavy atom. The topological polar surface area (TPSA) is 48.9 Å². The molecular weight excluding hydrogens is 326 g/mol. The predicted molar refractivity (Wildman–Crippen MR) is 93.5 cm³/mol. The second kappa shape index (κ2) is 8.58. The Kier molecular flexibility index (Phi) is 6.20. The highest BCUT2D eigenvalue weighted by molar-refractivity contribution is 5.79. The van der Waals surface area contributed by atoms with E-state index in [1.807, 2.05) is 6.92 Å². The van der Waals surface area contributed by atoms with Gasteiger partial charge in [0.05, 0.1) is 19.3 Å². The number of ether oxygens (including phenoxy) is 1. The van der Waals surface area contributed by atoms with Crippen molar-refractivity contribution in [1.82, 2.24) is 15.5 Å². The van der Waals surface area contributed by atoms with E-state index in [1.54, 1.807) is 0 Å². The first-order valence-electron chi connectivity index (χ1n) is 8.97. The summed E-state index contributed by atoms with van der Waals surface area (Å²) in [7, 11) is 0. The Morgan fingerprint density at radius 3 is 3.08 bits per heavy atom. The fourth-order valence-electron chi connectivity index (χ4n) is 3.39. The van der Waals surface area contributed by atoms with Gasteiger partial charge in [0.2, 0.25) is 0 Å². The van der Waals surface area contributed by atoms with Crippen LogP contribution in [0.4, 0.5) is 8.78 Å². The summed E-state index contributed by atoms with van der Waals surface area (Å²) in [5, 5.41) is 6.37. The van der Waals surface area contributed by atoms with Gasteiger partial charge in [-0.1, -0.05) is 0 Å². The van der Waals surface area contributed by atoms with E-state index in [-0.39, 0.29) is 18.2 Å². The molecule has 0 bridgehead atoms. The van der Waals surface area contributed by atoms with Gasteiger partial charge in [0.15, 0.2) is 5.96 Å². The Bertz CT molecular complexity index is 611. The van der Waals surface area contributed by atoms with Crippen LogP contribution in [0, 0.1) is 11.6 Å². The third kappa shape index (κ3) is 4.89. The smallest absolute Gasteiger partial charge is 0.191 e. The number of rotatable bonds is 5. The first-order valence-corrected chi connectivity index (χ1v) is 8.97. The third-order valence-corrected chi connectivity index (χ3v) is 4.72. The minimum absolute atomic E-state index is 0.0820. The molecule has 0 amide bonds. The lowest BCUT2D eigenvalue weighted by Crippen LogP contribution is -2.51. The van der Waals surface area contributed by atoms with E-state index < -0.39 is 11.6 Å². The standard InChI is InChI=1S/C18H26F2N4O/c1-2-21-18(22-9-13-8-14(19)5-6-17(13)20)23-10-16-11-24-7-3-4-15(24)12-25-16/h5-6,8,15-16H,2-4,7,9-12H2,1H3,(H2,21,22,23). The van der Waals surface area contributed by atoms with Crippen LogP contribution in [-0.4, -0.2) is 55.8 Å². The maximum atomic E-state index is 13.7. The molecule has 1 aromatic rings. The number of halogens is 2. The van der Waals surface area contributed by atoms with Crippen LogP contribution >= 0.6 is 0 Å². The van der Waals surface area contributed by atoms with Gasteiger partial charge in [-0.2, -0.15) is 0 Å². The number of nitrogens with zero attached hydrogens (tertiary/aromatic N) is 2. The lowest BCUT2D eigenvalue weighted by Gasteiger charge is -2.35. The molecule has 2 heterocycles. The minimum atomic E-state index is -0.458. The van der Waals surface area contributed by atoms with E-state index >= 15 is 0 Å². The van der Waals surface area contributed by atoms with Gasteiger partial charge in [-0.05, 0) is 44.5 Å². The van der Waals surface area contributed by atoms with Crippen LogP contribution in [0.15, 0.2) is 23.2 Å². The number of hydrogen-bond acceptors (Lipinski definition) is 3. The number of fused-ring (bicyclic) bond motifs is 1. The Labute approximate surface area is 147 Å². The van der Waals surface area contributed by atoms with Crippen LogP contribution in [0.25, 0.3) is 0 Å². The van der Waals surface area contributed by atoms with E-state index in [0.29, 0.717) is 25.1 Å². The molecule has 2 aliphatic rings. The van der Waals surface area contributed by atoms with Gasteiger partial charge in [0.1, 0.15) is 11.6 Å². The van der Waals surface area contributed by atoms with Crippen molar-refractivity contribution < 1.29 is 13.5 Å². The highest BCUT2D eigenvalue weighted by Gasteiger charge is 2.32. The van der Waals surface area contributed by atoms with Crippen molar-refractivity contribution in [3.05, 3.63) is 35.4 Å². The molecule has 0 radical (unpaired) electrons.